The smallest absolute Gasteiger partial charge is 0.415 e. The number of para-hydroxylation sites is 1. The molecule has 1 aliphatic carbocycles. The Hall–Kier alpha value is -4.53. The van der Waals surface area contributed by atoms with Gasteiger partial charge < -0.3 is 24.1 Å². The summed E-state index contributed by atoms with van der Waals surface area (Å²) in [5, 5.41) is 11.3. The highest BCUT2D eigenvalue weighted by Gasteiger charge is 2.42. The predicted molar refractivity (Wildman–Crippen MR) is 148 cm³/mol. The Morgan fingerprint density at radius 3 is 2.27 bits per heavy atom. The van der Waals surface area contributed by atoms with E-state index in [0.29, 0.717) is 35.4 Å². The number of allylic oxidation sites excluding steroid dienone is 2. The molecule has 0 saturated carbocycles. The SMILES string of the molecule is CCOC(=O)C1=C(CC2C(C(=O)OCC)=C(O)c3ccccc3N2C(=O)OCc2ccccc2)C=C(OC)CC1. The first-order valence-electron chi connectivity index (χ1n) is 13.2. The van der Waals surface area contributed by atoms with E-state index in [9.17, 15) is 19.5 Å². The van der Waals surface area contributed by atoms with Crippen LogP contribution >= 0.6 is 0 Å². The molecule has 1 atom stereocenters. The number of esters is 2. The second kappa shape index (κ2) is 13.0. The van der Waals surface area contributed by atoms with E-state index in [-0.39, 0.29) is 43.1 Å². The van der Waals surface area contributed by atoms with E-state index in [0.717, 1.165) is 5.56 Å². The summed E-state index contributed by atoms with van der Waals surface area (Å²) in [5.41, 5.74) is 2.28. The molecule has 1 N–H and O–H groups in total. The summed E-state index contributed by atoms with van der Waals surface area (Å²) >= 11 is 0. The van der Waals surface area contributed by atoms with Crippen molar-refractivity contribution in [1.29, 1.82) is 0 Å². The molecule has 2 aliphatic rings. The lowest BCUT2D eigenvalue weighted by atomic mass is 9.85. The van der Waals surface area contributed by atoms with E-state index in [2.05, 4.69) is 0 Å². The Kier molecular flexibility index (Phi) is 9.27. The molecule has 9 nitrogen and oxygen atoms in total. The monoisotopic (exact) mass is 547 g/mol. The summed E-state index contributed by atoms with van der Waals surface area (Å²) in [6.07, 6.45) is 1.86. The van der Waals surface area contributed by atoms with Crippen molar-refractivity contribution in [2.75, 3.05) is 25.2 Å². The fraction of sp³-hybridized carbons (Fsp3) is 0.323. The highest BCUT2D eigenvalue weighted by molar-refractivity contribution is 6.06. The number of nitrogens with zero attached hydrogens (tertiary/aromatic N) is 1. The number of fused-ring (bicyclic) bond motifs is 1. The van der Waals surface area contributed by atoms with Gasteiger partial charge in [-0.05, 0) is 56.0 Å². The maximum Gasteiger partial charge on any atom is 0.415 e. The van der Waals surface area contributed by atoms with Crippen molar-refractivity contribution < 1.29 is 38.4 Å². The minimum atomic E-state index is -1.05. The Balaban J connectivity index is 1.83. The van der Waals surface area contributed by atoms with Crippen LogP contribution in [0.15, 0.2) is 83.2 Å². The zero-order valence-corrected chi connectivity index (χ0v) is 22.8. The molecular formula is C31H33NO8. The summed E-state index contributed by atoms with van der Waals surface area (Å²) < 4.78 is 21.8. The van der Waals surface area contributed by atoms with E-state index in [1.54, 1.807) is 51.3 Å². The van der Waals surface area contributed by atoms with Crippen molar-refractivity contribution in [3.63, 3.8) is 0 Å². The fourth-order valence-corrected chi connectivity index (χ4v) is 4.90. The van der Waals surface area contributed by atoms with Crippen molar-refractivity contribution in [2.45, 2.75) is 45.8 Å². The van der Waals surface area contributed by atoms with Gasteiger partial charge in [-0.2, -0.15) is 0 Å². The average molecular weight is 548 g/mol. The summed E-state index contributed by atoms with van der Waals surface area (Å²) in [6.45, 7) is 3.63. The summed E-state index contributed by atoms with van der Waals surface area (Å²) in [7, 11) is 1.54. The van der Waals surface area contributed by atoms with Gasteiger partial charge in [0.25, 0.3) is 0 Å². The number of aliphatic hydroxyl groups is 1. The van der Waals surface area contributed by atoms with E-state index in [4.69, 9.17) is 18.9 Å². The van der Waals surface area contributed by atoms with Gasteiger partial charge >= 0.3 is 18.0 Å². The third-order valence-corrected chi connectivity index (χ3v) is 6.76. The standard InChI is InChI=1S/C31H33NO8/c1-4-38-29(34)23-16-15-22(37-3)17-21(23)18-26-27(30(35)39-5-2)28(33)24-13-9-10-14-25(24)32(26)31(36)40-19-20-11-7-6-8-12-20/h6-14,17,26,33H,4-5,15-16,18-19H2,1-3H3. The lowest BCUT2D eigenvalue weighted by molar-refractivity contribution is -0.139. The molecule has 0 fully saturated rings. The van der Waals surface area contributed by atoms with Crippen LogP contribution in [-0.2, 0) is 35.1 Å². The first-order valence-corrected chi connectivity index (χ1v) is 13.2. The lowest BCUT2D eigenvalue weighted by Crippen LogP contribution is -2.47. The van der Waals surface area contributed by atoms with Crippen molar-refractivity contribution in [3.8, 4) is 0 Å². The molecule has 0 radical (unpaired) electrons. The molecule has 1 aliphatic heterocycles. The second-order valence-corrected chi connectivity index (χ2v) is 9.17. The number of aliphatic hydroxyl groups excluding tert-OH is 1. The third kappa shape index (κ3) is 6.03. The van der Waals surface area contributed by atoms with Crippen molar-refractivity contribution >= 4 is 29.5 Å². The number of benzene rings is 2. The number of amides is 1. The quantitative estimate of drug-likeness (QED) is 0.318. The van der Waals surface area contributed by atoms with E-state index in [1.807, 2.05) is 30.3 Å². The molecule has 9 heteroatoms. The van der Waals surface area contributed by atoms with Crippen LogP contribution in [0.4, 0.5) is 10.5 Å². The molecule has 0 spiro atoms. The van der Waals surface area contributed by atoms with Crippen molar-refractivity contribution in [1.82, 2.24) is 0 Å². The molecule has 1 unspecified atom stereocenters. The number of hydrogen-bond acceptors (Lipinski definition) is 8. The molecular weight excluding hydrogens is 514 g/mol. The molecule has 2 aromatic rings. The molecule has 0 bridgehead atoms. The van der Waals surface area contributed by atoms with Gasteiger partial charge in [0.2, 0.25) is 0 Å². The Morgan fingerprint density at radius 1 is 0.900 bits per heavy atom. The lowest BCUT2D eigenvalue weighted by Gasteiger charge is -2.37. The van der Waals surface area contributed by atoms with Crippen molar-refractivity contribution in [2.24, 2.45) is 0 Å². The number of rotatable bonds is 9. The molecule has 40 heavy (non-hydrogen) atoms. The maximum atomic E-state index is 13.8. The van der Waals surface area contributed by atoms with Crippen LogP contribution in [0.3, 0.4) is 0 Å². The molecule has 2 aromatic carbocycles. The second-order valence-electron chi connectivity index (χ2n) is 9.17. The van der Waals surface area contributed by atoms with E-state index < -0.39 is 24.1 Å². The van der Waals surface area contributed by atoms with Crippen LogP contribution in [0.5, 0.6) is 0 Å². The van der Waals surface area contributed by atoms with Gasteiger partial charge in [-0.1, -0.05) is 42.5 Å². The molecule has 210 valence electrons. The number of carbonyl (C=O) groups excluding carboxylic acids is 3. The van der Waals surface area contributed by atoms with Gasteiger partial charge in [0.15, 0.2) is 0 Å². The number of carbonyl (C=O) groups is 3. The predicted octanol–water partition coefficient (Wildman–Crippen LogP) is 5.62. The maximum absolute atomic E-state index is 13.8. The van der Waals surface area contributed by atoms with Gasteiger partial charge in [-0.3, -0.25) is 4.90 Å². The van der Waals surface area contributed by atoms with Crippen LogP contribution in [0.2, 0.25) is 0 Å². The molecule has 0 saturated heterocycles. The van der Waals surface area contributed by atoms with Crippen LogP contribution in [-0.4, -0.2) is 49.5 Å². The van der Waals surface area contributed by atoms with Gasteiger partial charge in [-0.25, -0.2) is 14.4 Å². The summed E-state index contributed by atoms with van der Waals surface area (Å²) in [4.78, 5) is 41.3. The highest BCUT2D eigenvalue weighted by atomic mass is 16.6. The first kappa shape index (κ1) is 28.5. The first-order chi connectivity index (χ1) is 19.4. The topological polar surface area (TPSA) is 112 Å². The minimum Gasteiger partial charge on any atom is -0.507 e. The van der Waals surface area contributed by atoms with Crippen LogP contribution < -0.4 is 4.90 Å². The van der Waals surface area contributed by atoms with Crippen LogP contribution in [0.25, 0.3) is 5.76 Å². The van der Waals surface area contributed by atoms with Gasteiger partial charge in [-0.15, -0.1) is 0 Å². The van der Waals surface area contributed by atoms with Gasteiger partial charge in [0.1, 0.15) is 17.9 Å². The molecule has 1 heterocycles. The normalized spacial score (nSPS) is 16.6. The highest BCUT2D eigenvalue weighted by Crippen LogP contribution is 2.41. The van der Waals surface area contributed by atoms with Crippen LogP contribution in [0, 0.1) is 0 Å². The van der Waals surface area contributed by atoms with Gasteiger partial charge in [0.05, 0.1) is 37.8 Å². The number of ether oxygens (including phenoxy) is 4. The summed E-state index contributed by atoms with van der Waals surface area (Å²) in [5.74, 6) is -0.908. The molecule has 4 rings (SSSR count). The Labute approximate surface area is 233 Å². The van der Waals surface area contributed by atoms with E-state index >= 15 is 0 Å². The van der Waals surface area contributed by atoms with E-state index in [1.165, 1.54) is 4.90 Å². The zero-order valence-electron chi connectivity index (χ0n) is 22.8. The minimum absolute atomic E-state index is 0.00000554. The Bertz CT molecular complexity index is 1360. The summed E-state index contributed by atoms with van der Waals surface area (Å²) in [6, 6.07) is 14.9. The number of methoxy groups -OCH3 is 1. The fourth-order valence-electron chi connectivity index (χ4n) is 4.90. The van der Waals surface area contributed by atoms with Crippen molar-refractivity contribution in [3.05, 3.63) is 94.3 Å². The largest absolute Gasteiger partial charge is 0.507 e. The molecule has 0 aromatic heterocycles. The Morgan fingerprint density at radius 2 is 1.57 bits per heavy atom. The average Bonchev–Trinajstić information content (AvgIpc) is 2.97. The number of hydrogen-bond donors (Lipinski definition) is 1. The molecule has 1 amide bonds. The van der Waals surface area contributed by atoms with Gasteiger partial charge in [0, 0.05) is 17.6 Å². The van der Waals surface area contributed by atoms with Crippen LogP contribution in [0.1, 0.15) is 44.2 Å². The zero-order chi connectivity index (χ0) is 28.6. The third-order valence-electron chi connectivity index (χ3n) is 6.76. The number of anilines is 1.